The van der Waals surface area contributed by atoms with E-state index < -0.39 is 11.7 Å². The summed E-state index contributed by atoms with van der Waals surface area (Å²) >= 11 is 0. The van der Waals surface area contributed by atoms with Crippen molar-refractivity contribution in [3.05, 3.63) is 29.8 Å². The van der Waals surface area contributed by atoms with E-state index >= 15 is 0 Å². The quantitative estimate of drug-likeness (QED) is 0.822. The Morgan fingerprint density at radius 1 is 1.28 bits per heavy atom. The van der Waals surface area contributed by atoms with E-state index in [0.717, 1.165) is 31.9 Å². The molecule has 1 heterocycles. The molecule has 0 saturated carbocycles. The fourth-order valence-corrected chi connectivity index (χ4v) is 2.88. The highest BCUT2D eigenvalue weighted by Crippen LogP contribution is 2.35. The summed E-state index contributed by atoms with van der Waals surface area (Å²) in [4.78, 5) is 13.8. The Morgan fingerprint density at radius 2 is 1.92 bits per heavy atom. The molecule has 1 aliphatic rings. The van der Waals surface area contributed by atoms with Gasteiger partial charge in [0.15, 0.2) is 6.61 Å². The van der Waals surface area contributed by atoms with Crippen LogP contribution in [0.1, 0.15) is 24.8 Å². The van der Waals surface area contributed by atoms with Crippen molar-refractivity contribution in [1.29, 1.82) is 0 Å². The number of nitrogens with one attached hydrogen (secondary N) is 1. The van der Waals surface area contributed by atoms with Crippen LogP contribution in [0.2, 0.25) is 0 Å². The molecular weight excluding hydrogens is 357 g/mol. The zero-order valence-electron chi connectivity index (χ0n) is 14.1. The van der Waals surface area contributed by atoms with Gasteiger partial charge in [-0.15, -0.1) is 12.4 Å². The van der Waals surface area contributed by atoms with E-state index in [1.807, 2.05) is 7.05 Å². The predicted molar refractivity (Wildman–Crippen MR) is 92.0 cm³/mol. The second-order valence-corrected chi connectivity index (χ2v) is 6.00. The number of hydrogen-bond acceptors (Lipinski definition) is 3. The summed E-state index contributed by atoms with van der Waals surface area (Å²) in [5.74, 6) is 0.0228. The van der Waals surface area contributed by atoms with Crippen molar-refractivity contribution in [2.45, 2.75) is 25.4 Å². The normalized spacial score (nSPS) is 15.6. The van der Waals surface area contributed by atoms with Gasteiger partial charge in [-0.05, 0) is 50.9 Å². The molecule has 0 radical (unpaired) electrons. The van der Waals surface area contributed by atoms with Crippen LogP contribution in [0.15, 0.2) is 24.3 Å². The molecule has 0 aliphatic carbocycles. The van der Waals surface area contributed by atoms with Gasteiger partial charge in [0.05, 0.1) is 5.56 Å². The van der Waals surface area contributed by atoms with Crippen LogP contribution in [-0.4, -0.2) is 44.1 Å². The summed E-state index contributed by atoms with van der Waals surface area (Å²) in [5, 5.41) is 3.11. The number of ether oxygens (including phenoxy) is 1. The number of amides is 1. The number of halogens is 4. The van der Waals surface area contributed by atoms with Crippen molar-refractivity contribution < 1.29 is 22.7 Å². The topological polar surface area (TPSA) is 41.6 Å². The molecular formula is C17H24ClF3N2O2. The van der Waals surface area contributed by atoms with E-state index in [2.05, 4.69) is 5.32 Å². The summed E-state index contributed by atoms with van der Waals surface area (Å²) in [5.41, 5.74) is -0.858. The maximum Gasteiger partial charge on any atom is 0.419 e. The van der Waals surface area contributed by atoms with Gasteiger partial charge >= 0.3 is 6.18 Å². The number of likely N-dealkylation sites (tertiary alicyclic amines) is 1. The minimum Gasteiger partial charge on any atom is -0.483 e. The first-order chi connectivity index (χ1) is 11.4. The maximum absolute atomic E-state index is 12.9. The molecule has 0 bridgehead atoms. The van der Waals surface area contributed by atoms with Crippen LogP contribution in [0.3, 0.4) is 0 Å². The summed E-state index contributed by atoms with van der Waals surface area (Å²) in [6.45, 7) is 1.86. The number of carbonyl (C=O) groups is 1. The summed E-state index contributed by atoms with van der Waals surface area (Å²) in [6, 6.07) is 4.95. The Labute approximate surface area is 152 Å². The smallest absolute Gasteiger partial charge is 0.419 e. The van der Waals surface area contributed by atoms with Gasteiger partial charge in [-0.1, -0.05) is 12.1 Å². The minimum atomic E-state index is -4.49. The van der Waals surface area contributed by atoms with Crippen LogP contribution < -0.4 is 10.1 Å². The second kappa shape index (κ2) is 9.87. The highest BCUT2D eigenvalue weighted by molar-refractivity contribution is 5.85. The first kappa shape index (κ1) is 21.6. The van der Waals surface area contributed by atoms with Gasteiger partial charge in [0.25, 0.3) is 5.91 Å². The molecule has 1 N–H and O–H groups in total. The molecule has 0 aromatic heterocycles. The number of alkyl halides is 3. The molecule has 1 fully saturated rings. The van der Waals surface area contributed by atoms with Gasteiger partial charge in [-0.25, -0.2) is 0 Å². The average Bonchev–Trinajstić information content (AvgIpc) is 2.57. The predicted octanol–water partition coefficient (Wildman–Crippen LogP) is 3.35. The lowest BCUT2D eigenvalue weighted by atomic mass is 9.93. The molecule has 1 aromatic carbocycles. The Morgan fingerprint density at radius 3 is 2.52 bits per heavy atom. The Kier molecular flexibility index (Phi) is 8.52. The van der Waals surface area contributed by atoms with E-state index in [0.29, 0.717) is 19.0 Å². The molecule has 1 aliphatic heterocycles. The standard InChI is InChI=1S/C17H23F3N2O2.ClH/c1-21-9-6-13-7-10-22(11-8-13)16(23)12-24-15-5-3-2-4-14(15)17(18,19)20;/h2-5,13,21H,6-12H2,1H3;1H. The number of rotatable bonds is 6. The molecule has 0 spiro atoms. The van der Waals surface area contributed by atoms with Gasteiger partial charge in [0.2, 0.25) is 0 Å². The summed E-state index contributed by atoms with van der Waals surface area (Å²) in [7, 11) is 1.91. The molecule has 2 rings (SSSR count). The summed E-state index contributed by atoms with van der Waals surface area (Å²) < 4.78 is 43.8. The third-order valence-electron chi connectivity index (χ3n) is 4.31. The van der Waals surface area contributed by atoms with Crippen LogP contribution in [0, 0.1) is 5.92 Å². The molecule has 142 valence electrons. The highest BCUT2D eigenvalue weighted by atomic mass is 35.5. The van der Waals surface area contributed by atoms with Crippen molar-refractivity contribution in [3.8, 4) is 5.75 Å². The van der Waals surface area contributed by atoms with Crippen molar-refractivity contribution >= 4 is 18.3 Å². The van der Waals surface area contributed by atoms with E-state index in [-0.39, 0.29) is 30.7 Å². The first-order valence-electron chi connectivity index (χ1n) is 8.13. The van der Waals surface area contributed by atoms with Gasteiger partial charge in [0, 0.05) is 13.1 Å². The van der Waals surface area contributed by atoms with Crippen LogP contribution >= 0.6 is 12.4 Å². The lowest BCUT2D eigenvalue weighted by molar-refractivity contribution is -0.141. The first-order valence-corrected chi connectivity index (χ1v) is 8.13. The zero-order valence-corrected chi connectivity index (χ0v) is 15.0. The molecule has 1 amide bonds. The van der Waals surface area contributed by atoms with Crippen LogP contribution in [-0.2, 0) is 11.0 Å². The third kappa shape index (κ3) is 6.40. The fraction of sp³-hybridized carbons (Fsp3) is 0.588. The van der Waals surface area contributed by atoms with Crippen molar-refractivity contribution in [2.75, 3.05) is 33.3 Å². The van der Waals surface area contributed by atoms with E-state index in [1.165, 1.54) is 18.2 Å². The second-order valence-electron chi connectivity index (χ2n) is 6.00. The van der Waals surface area contributed by atoms with E-state index in [4.69, 9.17) is 4.74 Å². The molecule has 1 aromatic rings. The van der Waals surface area contributed by atoms with E-state index in [9.17, 15) is 18.0 Å². The molecule has 0 unspecified atom stereocenters. The van der Waals surface area contributed by atoms with Crippen LogP contribution in [0.5, 0.6) is 5.75 Å². The van der Waals surface area contributed by atoms with Gasteiger partial charge in [0.1, 0.15) is 5.75 Å². The average molecular weight is 381 g/mol. The molecule has 25 heavy (non-hydrogen) atoms. The summed E-state index contributed by atoms with van der Waals surface area (Å²) in [6.07, 6.45) is -1.57. The highest BCUT2D eigenvalue weighted by Gasteiger charge is 2.34. The van der Waals surface area contributed by atoms with E-state index in [1.54, 1.807) is 4.90 Å². The lowest BCUT2D eigenvalue weighted by Gasteiger charge is -2.32. The number of carbonyl (C=O) groups excluding carboxylic acids is 1. The van der Waals surface area contributed by atoms with Crippen LogP contribution in [0.4, 0.5) is 13.2 Å². The van der Waals surface area contributed by atoms with Crippen molar-refractivity contribution in [1.82, 2.24) is 10.2 Å². The third-order valence-corrected chi connectivity index (χ3v) is 4.31. The Balaban J connectivity index is 0.00000312. The van der Waals surface area contributed by atoms with Crippen molar-refractivity contribution in [2.24, 2.45) is 5.92 Å². The molecule has 0 atom stereocenters. The van der Waals surface area contributed by atoms with Crippen LogP contribution in [0.25, 0.3) is 0 Å². The van der Waals surface area contributed by atoms with Crippen molar-refractivity contribution in [3.63, 3.8) is 0 Å². The largest absolute Gasteiger partial charge is 0.483 e. The molecule has 4 nitrogen and oxygen atoms in total. The number of nitrogens with zero attached hydrogens (tertiary/aromatic N) is 1. The lowest BCUT2D eigenvalue weighted by Crippen LogP contribution is -2.41. The minimum absolute atomic E-state index is 0. The van der Waals surface area contributed by atoms with Gasteiger partial charge < -0.3 is 15.0 Å². The Bertz CT molecular complexity index is 547. The number of benzene rings is 1. The van der Waals surface area contributed by atoms with Gasteiger partial charge in [-0.2, -0.15) is 13.2 Å². The molecule has 1 saturated heterocycles. The number of piperidine rings is 1. The molecule has 8 heteroatoms. The fourth-order valence-electron chi connectivity index (χ4n) is 2.88. The Hall–Kier alpha value is -1.47. The SMILES string of the molecule is CNCCC1CCN(C(=O)COc2ccccc2C(F)(F)F)CC1.Cl. The maximum atomic E-state index is 12.9. The van der Waals surface area contributed by atoms with Gasteiger partial charge in [-0.3, -0.25) is 4.79 Å². The monoisotopic (exact) mass is 380 g/mol. The zero-order chi connectivity index (χ0) is 17.6. The number of para-hydroxylation sites is 1. The number of hydrogen-bond donors (Lipinski definition) is 1.